The van der Waals surface area contributed by atoms with Gasteiger partial charge < -0.3 is 19.9 Å². The summed E-state index contributed by atoms with van der Waals surface area (Å²) in [6, 6.07) is 16.1. The monoisotopic (exact) mass is 463 g/mol. The van der Waals surface area contributed by atoms with Crippen LogP contribution in [0.3, 0.4) is 0 Å². The van der Waals surface area contributed by atoms with Crippen LogP contribution < -0.4 is 19.9 Å². The van der Waals surface area contributed by atoms with Crippen LogP contribution in [0.15, 0.2) is 59.9 Å². The number of hydrogen-bond acceptors (Lipinski definition) is 7. The van der Waals surface area contributed by atoms with Crippen LogP contribution in [-0.4, -0.2) is 54.9 Å². The normalized spacial score (nSPS) is 13.7. The molecule has 4 rings (SSSR count). The van der Waals surface area contributed by atoms with E-state index in [0.717, 1.165) is 65.3 Å². The highest BCUT2D eigenvalue weighted by Gasteiger charge is 2.21. The molecule has 1 aliphatic heterocycles. The minimum atomic E-state index is -0.0423. The molecule has 1 saturated heterocycles. The summed E-state index contributed by atoms with van der Waals surface area (Å²) < 4.78 is 5.51. The number of amides is 1. The molecule has 3 aromatic rings. The number of aryl methyl sites for hydroxylation is 2. The lowest BCUT2D eigenvalue weighted by Gasteiger charge is -2.37. The highest BCUT2D eigenvalue weighted by molar-refractivity contribution is 7.99. The van der Waals surface area contributed by atoms with Crippen LogP contribution in [0.4, 0.5) is 17.2 Å². The average molecular weight is 464 g/mol. The SMILES string of the molecule is COc1ccccc1N1CCN(c2cc(SCC(=O)Nc3cc(C)ccc3C)ncn2)CC1. The zero-order valence-electron chi connectivity index (χ0n) is 19.2. The molecular weight excluding hydrogens is 434 g/mol. The zero-order chi connectivity index (χ0) is 23.2. The van der Waals surface area contributed by atoms with Crippen LogP contribution in [0.1, 0.15) is 11.1 Å². The summed E-state index contributed by atoms with van der Waals surface area (Å²) in [6.07, 6.45) is 1.58. The van der Waals surface area contributed by atoms with Crippen molar-refractivity contribution in [2.75, 3.05) is 54.2 Å². The van der Waals surface area contributed by atoms with Crippen LogP contribution in [0, 0.1) is 13.8 Å². The number of piperazine rings is 1. The van der Waals surface area contributed by atoms with E-state index in [1.165, 1.54) is 11.8 Å². The molecule has 0 aliphatic carbocycles. The Morgan fingerprint density at radius 3 is 2.58 bits per heavy atom. The number of aromatic nitrogens is 2. The number of methoxy groups -OCH3 is 1. The largest absolute Gasteiger partial charge is 0.495 e. The fraction of sp³-hybridized carbons (Fsp3) is 0.320. The molecule has 0 atom stereocenters. The molecule has 1 fully saturated rings. The highest BCUT2D eigenvalue weighted by Crippen LogP contribution is 2.29. The molecule has 1 aliphatic rings. The number of anilines is 3. The fourth-order valence-electron chi connectivity index (χ4n) is 3.85. The second-order valence-corrected chi connectivity index (χ2v) is 9.01. The number of para-hydroxylation sites is 2. The van der Waals surface area contributed by atoms with Gasteiger partial charge in [0.1, 0.15) is 22.9 Å². The summed E-state index contributed by atoms with van der Waals surface area (Å²) >= 11 is 1.42. The molecule has 0 unspecified atom stereocenters. The van der Waals surface area contributed by atoms with Crippen molar-refractivity contribution in [2.24, 2.45) is 0 Å². The third-order valence-corrected chi connectivity index (χ3v) is 6.60. The Balaban J connectivity index is 1.33. The van der Waals surface area contributed by atoms with Gasteiger partial charge in [0.25, 0.3) is 0 Å². The van der Waals surface area contributed by atoms with Crippen molar-refractivity contribution < 1.29 is 9.53 Å². The summed E-state index contributed by atoms with van der Waals surface area (Å²) in [4.78, 5) is 25.9. The molecule has 0 bridgehead atoms. The first-order chi connectivity index (χ1) is 16.0. The van der Waals surface area contributed by atoms with E-state index in [-0.39, 0.29) is 5.91 Å². The molecule has 172 valence electrons. The quantitative estimate of drug-likeness (QED) is 0.417. The average Bonchev–Trinajstić information content (AvgIpc) is 2.85. The van der Waals surface area contributed by atoms with Crippen molar-refractivity contribution in [1.82, 2.24) is 9.97 Å². The molecule has 0 radical (unpaired) electrons. The van der Waals surface area contributed by atoms with E-state index in [1.807, 2.05) is 56.3 Å². The number of carbonyl (C=O) groups is 1. The smallest absolute Gasteiger partial charge is 0.234 e. The number of nitrogens with zero attached hydrogens (tertiary/aromatic N) is 4. The van der Waals surface area contributed by atoms with Gasteiger partial charge in [0.2, 0.25) is 5.91 Å². The van der Waals surface area contributed by atoms with Gasteiger partial charge in [-0.05, 0) is 43.2 Å². The Bertz CT molecular complexity index is 1120. The minimum Gasteiger partial charge on any atom is -0.495 e. The Morgan fingerprint density at radius 2 is 1.79 bits per heavy atom. The molecule has 2 aromatic carbocycles. The lowest BCUT2D eigenvalue weighted by atomic mass is 10.1. The van der Waals surface area contributed by atoms with E-state index in [9.17, 15) is 4.79 Å². The van der Waals surface area contributed by atoms with Gasteiger partial charge in [0, 0.05) is 37.9 Å². The van der Waals surface area contributed by atoms with Gasteiger partial charge in [0.15, 0.2) is 0 Å². The second kappa shape index (κ2) is 10.6. The Morgan fingerprint density at radius 1 is 1.03 bits per heavy atom. The summed E-state index contributed by atoms with van der Waals surface area (Å²) in [7, 11) is 1.71. The molecule has 1 aromatic heterocycles. The minimum absolute atomic E-state index is 0.0423. The predicted molar refractivity (Wildman–Crippen MR) is 135 cm³/mol. The van der Waals surface area contributed by atoms with Crippen molar-refractivity contribution in [3.8, 4) is 5.75 Å². The Hall–Kier alpha value is -3.26. The van der Waals surface area contributed by atoms with E-state index in [1.54, 1.807) is 13.4 Å². The molecule has 33 heavy (non-hydrogen) atoms. The molecular formula is C25H29N5O2S. The van der Waals surface area contributed by atoms with E-state index < -0.39 is 0 Å². The van der Waals surface area contributed by atoms with Gasteiger partial charge in [-0.25, -0.2) is 9.97 Å². The summed E-state index contributed by atoms with van der Waals surface area (Å²) in [6.45, 7) is 7.48. The third-order valence-electron chi connectivity index (χ3n) is 5.68. The summed E-state index contributed by atoms with van der Waals surface area (Å²) in [5, 5.41) is 3.79. The van der Waals surface area contributed by atoms with Crippen LogP contribution >= 0.6 is 11.8 Å². The third kappa shape index (κ3) is 5.76. The Kier molecular flexibility index (Phi) is 7.34. The first-order valence-electron chi connectivity index (χ1n) is 11.0. The van der Waals surface area contributed by atoms with E-state index >= 15 is 0 Å². The molecule has 1 amide bonds. The van der Waals surface area contributed by atoms with Crippen LogP contribution in [-0.2, 0) is 4.79 Å². The number of ether oxygens (including phenoxy) is 1. The van der Waals surface area contributed by atoms with Gasteiger partial charge in [-0.3, -0.25) is 4.79 Å². The van der Waals surface area contributed by atoms with E-state index in [0.29, 0.717) is 5.75 Å². The maximum Gasteiger partial charge on any atom is 0.234 e. The summed E-state index contributed by atoms with van der Waals surface area (Å²) in [5.74, 6) is 2.04. The van der Waals surface area contributed by atoms with E-state index in [4.69, 9.17) is 4.74 Å². The predicted octanol–water partition coefficient (Wildman–Crippen LogP) is 4.16. The number of thioether (sulfide) groups is 1. The lowest BCUT2D eigenvalue weighted by Crippen LogP contribution is -2.47. The second-order valence-electron chi connectivity index (χ2n) is 8.02. The molecule has 0 saturated carbocycles. The van der Waals surface area contributed by atoms with Crippen LogP contribution in [0.25, 0.3) is 0 Å². The van der Waals surface area contributed by atoms with Crippen molar-refractivity contribution in [3.63, 3.8) is 0 Å². The van der Waals surface area contributed by atoms with Crippen molar-refractivity contribution in [3.05, 3.63) is 66.0 Å². The summed E-state index contributed by atoms with van der Waals surface area (Å²) in [5.41, 5.74) is 4.15. The zero-order valence-corrected chi connectivity index (χ0v) is 20.1. The fourth-order valence-corrected chi connectivity index (χ4v) is 4.51. The van der Waals surface area contributed by atoms with E-state index in [2.05, 4.69) is 31.2 Å². The number of rotatable bonds is 7. The highest BCUT2D eigenvalue weighted by atomic mass is 32.2. The van der Waals surface area contributed by atoms with Crippen molar-refractivity contribution in [1.29, 1.82) is 0 Å². The molecule has 0 spiro atoms. The van der Waals surface area contributed by atoms with Gasteiger partial charge in [-0.1, -0.05) is 36.0 Å². The molecule has 8 heteroatoms. The van der Waals surface area contributed by atoms with Gasteiger partial charge in [-0.15, -0.1) is 0 Å². The van der Waals surface area contributed by atoms with Gasteiger partial charge in [0.05, 0.1) is 18.6 Å². The first-order valence-corrected chi connectivity index (χ1v) is 12.0. The first kappa shape index (κ1) is 22.9. The maximum absolute atomic E-state index is 12.5. The van der Waals surface area contributed by atoms with Gasteiger partial charge >= 0.3 is 0 Å². The van der Waals surface area contributed by atoms with Crippen molar-refractivity contribution >= 4 is 34.9 Å². The van der Waals surface area contributed by atoms with Crippen LogP contribution in [0.2, 0.25) is 0 Å². The number of benzene rings is 2. The maximum atomic E-state index is 12.5. The van der Waals surface area contributed by atoms with Crippen LogP contribution in [0.5, 0.6) is 5.75 Å². The van der Waals surface area contributed by atoms with Crippen molar-refractivity contribution in [2.45, 2.75) is 18.9 Å². The molecule has 7 nitrogen and oxygen atoms in total. The standard InChI is InChI=1S/C25H29N5O2S/c1-18-8-9-19(2)20(14-18)28-24(31)16-33-25-15-23(26-17-27-25)30-12-10-29(11-13-30)21-6-4-5-7-22(21)32-3/h4-9,14-15,17H,10-13,16H2,1-3H3,(H,28,31). The van der Waals surface area contributed by atoms with Gasteiger partial charge in [-0.2, -0.15) is 0 Å². The Labute approximate surface area is 199 Å². The number of hydrogen-bond donors (Lipinski definition) is 1. The number of nitrogens with one attached hydrogen (secondary N) is 1. The topological polar surface area (TPSA) is 70.6 Å². The lowest BCUT2D eigenvalue weighted by molar-refractivity contribution is -0.113. The molecule has 1 N–H and O–H groups in total. The molecule has 2 heterocycles. The number of carbonyl (C=O) groups excluding carboxylic acids is 1.